The van der Waals surface area contributed by atoms with E-state index in [-0.39, 0.29) is 12.4 Å². The van der Waals surface area contributed by atoms with Gasteiger partial charge in [0.25, 0.3) is 0 Å². The highest BCUT2D eigenvalue weighted by molar-refractivity contribution is 5.85. The Balaban J connectivity index is 0.00000120. The van der Waals surface area contributed by atoms with Crippen molar-refractivity contribution in [2.24, 2.45) is 5.92 Å². The molecule has 0 bridgehead atoms. The molecule has 2 aliphatic heterocycles. The zero-order valence-corrected chi connectivity index (χ0v) is 11.9. The van der Waals surface area contributed by atoms with E-state index in [1.165, 1.54) is 38.0 Å². The molecule has 0 aromatic carbocycles. The second-order valence-electron chi connectivity index (χ2n) is 5.44. The van der Waals surface area contributed by atoms with E-state index in [0.29, 0.717) is 0 Å². The smallest absolute Gasteiger partial charge is 0.138 e. The summed E-state index contributed by atoms with van der Waals surface area (Å²) in [7, 11) is 0. The van der Waals surface area contributed by atoms with Crippen LogP contribution in [0.3, 0.4) is 0 Å². The van der Waals surface area contributed by atoms with E-state index in [9.17, 15) is 0 Å². The van der Waals surface area contributed by atoms with Crippen LogP contribution in [0, 0.1) is 19.8 Å². The van der Waals surface area contributed by atoms with E-state index in [4.69, 9.17) is 4.52 Å². The average molecular weight is 272 g/mol. The van der Waals surface area contributed by atoms with Gasteiger partial charge in [-0.2, -0.15) is 0 Å². The first-order chi connectivity index (χ1) is 8.24. The molecule has 0 radical (unpaired) electrons. The summed E-state index contributed by atoms with van der Waals surface area (Å²) < 4.78 is 5.23. The van der Waals surface area contributed by atoms with E-state index in [0.717, 1.165) is 30.0 Å². The van der Waals surface area contributed by atoms with Gasteiger partial charge in [0.1, 0.15) is 5.76 Å². The molecule has 5 heteroatoms. The number of likely N-dealkylation sites (tertiary alicyclic amines) is 1. The number of halogens is 1. The topological polar surface area (TPSA) is 41.3 Å². The molecule has 3 rings (SSSR count). The molecule has 2 fully saturated rings. The molecule has 2 atom stereocenters. The number of piperidine rings is 1. The minimum absolute atomic E-state index is 0. The van der Waals surface area contributed by atoms with Crippen molar-refractivity contribution in [3.63, 3.8) is 0 Å². The van der Waals surface area contributed by atoms with Crippen LogP contribution in [-0.4, -0.2) is 35.7 Å². The van der Waals surface area contributed by atoms with Crippen molar-refractivity contribution in [1.29, 1.82) is 0 Å². The minimum atomic E-state index is 0. The second kappa shape index (κ2) is 5.59. The maximum Gasteiger partial charge on any atom is 0.138 e. The average Bonchev–Trinajstić information content (AvgIpc) is 2.90. The molecule has 2 saturated heterocycles. The maximum atomic E-state index is 5.23. The third-order valence-electron chi connectivity index (χ3n) is 4.30. The number of aromatic nitrogens is 1. The van der Waals surface area contributed by atoms with Gasteiger partial charge in [-0.25, -0.2) is 0 Å². The van der Waals surface area contributed by atoms with Crippen LogP contribution in [0.2, 0.25) is 0 Å². The Hall–Kier alpha value is -0.580. The zero-order chi connectivity index (χ0) is 11.8. The van der Waals surface area contributed by atoms with Crippen molar-refractivity contribution in [3.8, 4) is 0 Å². The van der Waals surface area contributed by atoms with E-state index in [1.807, 2.05) is 13.8 Å². The SMILES string of the molecule is Cc1noc(C)c1CN1CCC2NCCC2C1.Cl. The predicted molar refractivity (Wildman–Crippen MR) is 73.0 cm³/mol. The fourth-order valence-corrected chi connectivity index (χ4v) is 3.22. The van der Waals surface area contributed by atoms with E-state index < -0.39 is 0 Å². The molecule has 102 valence electrons. The number of nitrogens with zero attached hydrogens (tertiary/aromatic N) is 2. The first kappa shape index (κ1) is 13.8. The van der Waals surface area contributed by atoms with Crippen molar-refractivity contribution in [1.82, 2.24) is 15.4 Å². The Morgan fingerprint density at radius 3 is 2.94 bits per heavy atom. The lowest BCUT2D eigenvalue weighted by Crippen LogP contribution is -2.44. The summed E-state index contributed by atoms with van der Waals surface area (Å²) in [6.45, 7) is 8.67. The molecule has 2 aliphatic rings. The Labute approximate surface area is 114 Å². The molecular formula is C13H22ClN3O. The van der Waals surface area contributed by atoms with Gasteiger partial charge >= 0.3 is 0 Å². The van der Waals surface area contributed by atoms with Gasteiger partial charge in [0.05, 0.1) is 5.69 Å². The monoisotopic (exact) mass is 271 g/mol. The maximum absolute atomic E-state index is 5.23. The summed E-state index contributed by atoms with van der Waals surface area (Å²) in [6.07, 6.45) is 2.62. The van der Waals surface area contributed by atoms with Gasteiger partial charge in [0, 0.05) is 24.7 Å². The summed E-state index contributed by atoms with van der Waals surface area (Å²) in [5, 5.41) is 7.64. The summed E-state index contributed by atoms with van der Waals surface area (Å²) in [5.41, 5.74) is 2.34. The van der Waals surface area contributed by atoms with Gasteiger partial charge in [0.2, 0.25) is 0 Å². The molecule has 1 aromatic heterocycles. The molecule has 0 saturated carbocycles. The van der Waals surface area contributed by atoms with Crippen molar-refractivity contribution < 1.29 is 4.52 Å². The normalized spacial score (nSPS) is 27.9. The van der Waals surface area contributed by atoms with Crippen LogP contribution in [0.4, 0.5) is 0 Å². The molecule has 1 aromatic rings. The molecule has 1 N–H and O–H groups in total. The standard InChI is InChI=1S/C13H21N3O.ClH/c1-9-12(10(2)17-15-9)8-16-6-4-13-11(7-16)3-5-14-13;/h11,13-14H,3-8H2,1-2H3;1H. The van der Waals surface area contributed by atoms with Crippen molar-refractivity contribution >= 4 is 12.4 Å². The Morgan fingerprint density at radius 1 is 1.39 bits per heavy atom. The molecule has 2 unspecified atom stereocenters. The van der Waals surface area contributed by atoms with Crippen molar-refractivity contribution in [2.75, 3.05) is 19.6 Å². The summed E-state index contributed by atoms with van der Waals surface area (Å²) in [5.74, 6) is 1.83. The van der Waals surface area contributed by atoms with Gasteiger partial charge in [0.15, 0.2) is 0 Å². The summed E-state index contributed by atoms with van der Waals surface area (Å²) in [6, 6.07) is 0.774. The van der Waals surface area contributed by atoms with E-state index >= 15 is 0 Å². The molecule has 3 heterocycles. The molecule has 0 amide bonds. The minimum Gasteiger partial charge on any atom is -0.361 e. The van der Waals surface area contributed by atoms with Crippen LogP contribution in [0.1, 0.15) is 29.9 Å². The van der Waals surface area contributed by atoms with Crippen LogP contribution in [0.5, 0.6) is 0 Å². The lowest BCUT2D eigenvalue weighted by Gasteiger charge is -2.34. The summed E-state index contributed by atoms with van der Waals surface area (Å²) in [4.78, 5) is 2.56. The lowest BCUT2D eigenvalue weighted by atomic mass is 9.93. The molecule has 0 aliphatic carbocycles. The highest BCUT2D eigenvalue weighted by Crippen LogP contribution is 2.26. The Morgan fingerprint density at radius 2 is 2.22 bits per heavy atom. The molecule has 18 heavy (non-hydrogen) atoms. The fourth-order valence-electron chi connectivity index (χ4n) is 3.22. The first-order valence-electron chi connectivity index (χ1n) is 6.61. The number of rotatable bonds is 2. The predicted octanol–water partition coefficient (Wildman–Crippen LogP) is 1.90. The molecule has 0 spiro atoms. The van der Waals surface area contributed by atoms with Crippen molar-refractivity contribution in [2.45, 2.75) is 39.3 Å². The van der Waals surface area contributed by atoms with E-state index in [1.54, 1.807) is 0 Å². The zero-order valence-electron chi connectivity index (χ0n) is 11.1. The highest BCUT2D eigenvalue weighted by atomic mass is 35.5. The van der Waals surface area contributed by atoms with Gasteiger partial charge in [-0.05, 0) is 45.7 Å². The number of aryl methyl sites for hydroxylation is 2. The fraction of sp³-hybridized carbons (Fsp3) is 0.769. The Bertz CT molecular complexity index is 387. The first-order valence-corrected chi connectivity index (χ1v) is 6.61. The number of nitrogens with one attached hydrogen (secondary N) is 1. The van der Waals surface area contributed by atoms with E-state index in [2.05, 4.69) is 15.4 Å². The largest absolute Gasteiger partial charge is 0.361 e. The third kappa shape index (κ3) is 2.56. The lowest BCUT2D eigenvalue weighted by molar-refractivity contribution is 0.155. The number of hydrogen-bond donors (Lipinski definition) is 1. The van der Waals surface area contributed by atoms with Crippen LogP contribution in [-0.2, 0) is 6.54 Å². The van der Waals surface area contributed by atoms with Crippen LogP contribution in [0.25, 0.3) is 0 Å². The van der Waals surface area contributed by atoms with Gasteiger partial charge in [-0.15, -0.1) is 12.4 Å². The number of hydrogen-bond acceptors (Lipinski definition) is 4. The summed E-state index contributed by atoms with van der Waals surface area (Å²) >= 11 is 0. The van der Waals surface area contributed by atoms with Gasteiger partial charge in [-0.1, -0.05) is 5.16 Å². The number of fused-ring (bicyclic) bond motifs is 1. The highest BCUT2D eigenvalue weighted by Gasteiger charge is 2.32. The quantitative estimate of drug-likeness (QED) is 0.892. The van der Waals surface area contributed by atoms with Crippen LogP contribution >= 0.6 is 12.4 Å². The van der Waals surface area contributed by atoms with Crippen LogP contribution in [0.15, 0.2) is 4.52 Å². The third-order valence-corrected chi connectivity index (χ3v) is 4.30. The van der Waals surface area contributed by atoms with Gasteiger partial charge < -0.3 is 9.84 Å². The Kier molecular flexibility index (Phi) is 4.30. The molecule has 4 nitrogen and oxygen atoms in total. The van der Waals surface area contributed by atoms with Crippen molar-refractivity contribution in [3.05, 3.63) is 17.0 Å². The molecular weight excluding hydrogens is 250 g/mol. The second-order valence-corrected chi connectivity index (χ2v) is 5.44. The van der Waals surface area contributed by atoms with Crippen LogP contribution < -0.4 is 5.32 Å². The van der Waals surface area contributed by atoms with Gasteiger partial charge in [-0.3, -0.25) is 4.90 Å².